The number of imidazole rings is 1. The Morgan fingerprint density at radius 2 is 2.12 bits per heavy atom. The second-order valence-electron chi connectivity index (χ2n) is 6.01. The van der Waals surface area contributed by atoms with Gasteiger partial charge in [-0.1, -0.05) is 29.3 Å². The van der Waals surface area contributed by atoms with Crippen molar-refractivity contribution < 1.29 is 0 Å². The van der Waals surface area contributed by atoms with Crippen LogP contribution in [0.15, 0.2) is 53.9 Å². The molecule has 0 saturated carbocycles. The standard InChI is InChI=1S/C19H21ClN2S2/c1-14-3-7-18(15(2)11-14)23-17(12-22-10-9-21-13-22)5-4-16-6-8-19(20)24-16/h3,6-11,13,17H,4-5,12H2,1-2H3. The number of thioether (sulfide) groups is 1. The number of aryl methyl sites for hydroxylation is 3. The minimum Gasteiger partial charge on any atom is -0.336 e. The molecule has 1 aromatic carbocycles. The molecule has 0 N–H and O–H groups in total. The van der Waals surface area contributed by atoms with Gasteiger partial charge in [0.25, 0.3) is 0 Å². The van der Waals surface area contributed by atoms with E-state index in [0.29, 0.717) is 5.25 Å². The Labute approximate surface area is 156 Å². The largest absolute Gasteiger partial charge is 0.336 e. The molecule has 5 heteroatoms. The minimum absolute atomic E-state index is 0.501. The van der Waals surface area contributed by atoms with Crippen LogP contribution in [0.5, 0.6) is 0 Å². The summed E-state index contributed by atoms with van der Waals surface area (Å²) in [7, 11) is 0. The Morgan fingerprint density at radius 3 is 2.79 bits per heavy atom. The monoisotopic (exact) mass is 376 g/mol. The maximum absolute atomic E-state index is 6.06. The first kappa shape index (κ1) is 17.6. The van der Waals surface area contributed by atoms with E-state index in [-0.39, 0.29) is 0 Å². The van der Waals surface area contributed by atoms with Gasteiger partial charge in [-0.3, -0.25) is 0 Å². The molecule has 0 bridgehead atoms. The molecule has 2 heterocycles. The molecule has 2 aromatic heterocycles. The van der Waals surface area contributed by atoms with E-state index in [1.807, 2.05) is 36.5 Å². The Bertz CT molecular complexity index is 781. The van der Waals surface area contributed by atoms with Crippen molar-refractivity contribution >= 4 is 34.7 Å². The van der Waals surface area contributed by atoms with Crippen molar-refractivity contribution in [2.24, 2.45) is 0 Å². The molecule has 0 aliphatic heterocycles. The number of hydrogen-bond acceptors (Lipinski definition) is 3. The van der Waals surface area contributed by atoms with Gasteiger partial charge >= 0.3 is 0 Å². The Morgan fingerprint density at radius 1 is 1.25 bits per heavy atom. The molecule has 0 aliphatic carbocycles. The van der Waals surface area contributed by atoms with Gasteiger partial charge in [-0.05, 0) is 50.5 Å². The minimum atomic E-state index is 0.501. The Balaban J connectivity index is 1.71. The fraction of sp³-hybridized carbons (Fsp3) is 0.316. The molecule has 3 aromatic rings. The van der Waals surface area contributed by atoms with Gasteiger partial charge in [0.1, 0.15) is 0 Å². The zero-order valence-corrected chi connectivity index (χ0v) is 16.3. The second-order valence-corrected chi connectivity index (χ2v) is 9.15. The van der Waals surface area contributed by atoms with Crippen molar-refractivity contribution in [3.63, 3.8) is 0 Å². The number of rotatable bonds is 7. The summed E-state index contributed by atoms with van der Waals surface area (Å²) < 4.78 is 3.04. The SMILES string of the molecule is Cc1ccc(SC(CCc2ccc(Cl)s2)Cn2ccnc2)c(C)c1. The molecule has 0 amide bonds. The highest BCUT2D eigenvalue weighted by Crippen LogP contribution is 2.32. The van der Waals surface area contributed by atoms with Crippen molar-refractivity contribution in [2.45, 2.75) is 43.4 Å². The van der Waals surface area contributed by atoms with Crippen LogP contribution in [0.4, 0.5) is 0 Å². The molecule has 0 spiro atoms. The molecule has 0 fully saturated rings. The van der Waals surface area contributed by atoms with Crippen LogP contribution >= 0.6 is 34.7 Å². The summed E-state index contributed by atoms with van der Waals surface area (Å²) in [6.07, 6.45) is 7.97. The molecule has 0 radical (unpaired) electrons. The first-order chi connectivity index (χ1) is 11.6. The third-order valence-electron chi connectivity index (χ3n) is 3.94. The molecule has 1 atom stereocenters. The van der Waals surface area contributed by atoms with Crippen LogP contribution in [-0.4, -0.2) is 14.8 Å². The van der Waals surface area contributed by atoms with Gasteiger partial charge in [0.05, 0.1) is 10.7 Å². The molecule has 2 nitrogen and oxygen atoms in total. The van der Waals surface area contributed by atoms with Gasteiger partial charge in [-0.2, -0.15) is 0 Å². The maximum Gasteiger partial charge on any atom is 0.0946 e. The van der Waals surface area contributed by atoms with Crippen LogP contribution in [0.2, 0.25) is 4.34 Å². The summed E-state index contributed by atoms with van der Waals surface area (Å²) in [5.41, 5.74) is 2.67. The molecule has 0 aliphatic rings. The fourth-order valence-corrected chi connectivity index (χ4v) is 5.05. The summed E-state index contributed by atoms with van der Waals surface area (Å²) in [5.74, 6) is 0. The van der Waals surface area contributed by atoms with Crippen LogP contribution in [-0.2, 0) is 13.0 Å². The van der Waals surface area contributed by atoms with Gasteiger partial charge < -0.3 is 4.57 Å². The van der Waals surface area contributed by atoms with E-state index in [9.17, 15) is 0 Å². The summed E-state index contributed by atoms with van der Waals surface area (Å²) in [6, 6.07) is 10.8. The van der Waals surface area contributed by atoms with Crippen molar-refractivity contribution in [3.05, 3.63) is 69.4 Å². The van der Waals surface area contributed by atoms with Crippen molar-refractivity contribution in [1.82, 2.24) is 9.55 Å². The van der Waals surface area contributed by atoms with E-state index in [1.165, 1.54) is 20.9 Å². The second kappa shape index (κ2) is 8.24. The van der Waals surface area contributed by atoms with Crippen LogP contribution in [0.25, 0.3) is 0 Å². The topological polar surface area (TPSA) is 17.8 Å². The number of nitrogens with zero attached hydrogens (tertiary/aromatic N) is 2. The number of thiophene rings is 1. The highest BCUT2D eigenvalue weighted by atomic mass is 35.5. The lowest BCUT2D eigenvalue weighted by molar-refractivity contribution is 0.626. The van der Waals surface area contributed by atoms with Gasteiger partial charge in [0.2, 0.25) is 0 Å². The van der Waals surface area contributed by atoms with Crippen molar-refractivity contribution in [2.75, 3.05) is 0 Å². The summed E-state index contributed by atoms with van der Waals surface area (Å²) in [5, 5.41) is 0.501. The summed E-state index contributed by atoms with van der Waals surface area (Å²) in [4.78, 5) is 6.90. The number of benzene rings is 1. The zero-order valence-electron chi connectivity index (χ0n) is 13.9. The highest BCUT2D eigenvalue weighted by molar-refractivity contribution is 8.00. The Kier molecular flexibility index (Phi) is 6.04. The van der Waals surface area contributed by atoms with Crippen LogP contribution in [0, 0.1) is 13.8 Å². The third-order valence-corrected chi connectivity index (χ3v) is 6.66. The molecule has 1 unspecified atom stereocenters. The molecule has 3 rings (SSSR count). The van der Waals surface area contributed by atoms with E-state index < -0.39 is 0 Å². The highest BCUT2D eigenvalue weighted by Gasteiger charge is 2.14. The Hall–Kier alpha value is -1.23. The lowest BCUT2D eigenvalue weighted by Crippen LogP contribution is -2.13. The van der Waals surface area contributed by atoms with Crippen LogP contribution < -0.4 is 0 Å². The third kappa shape index (κ3) is 4.88. The summed E-state index contributed by atoms with van der Waals surface area (Å²) in [6.45, 7) is 5.31. The average Bonchev–Trinajstić information content (AvgIpc) is 3.19. The predicted octanol–water partition coefficient (Wildman–Crippen LogP) is 6.01. The van der Waals surface area contributed by atoms with Crippen molar-refractivity contribution in [1.29, 1.82) is 0 Å². The number of halogens is 1. The lowest BCUT2D eigenvalue weighted by atomic mass is 10.2. The quantitative estimate of drug-likeness (QED) is 0.470. The van der Waals surface area contributed by atoms with Crippen molar-refractivity contribution in [3.8, 4) is 0 Å². The smallest absolute Gasteiger partial charge is 0.0946 e. The van der Waals surface area contributed by atoms with E-state index in [0.717, 1.165) is 23.7 Å². The van der Waals surface area contributed by atoms with Crippen LogP contribution in [0.1, 0.15) is 22.4 Å². The van der Waals surface area contributed by atoms with Gasteiger partial charge in [0, 0.05) is 34.0 Å². The number of aromatic nitrogens is 2. The summed E-state index contributed by atoms with van der Waals surface area (Å²) >= 11 is 9.71. The van der Waals surface area contributed by atoms with Gasteiger partial charge in [-0.15, -0.1) is 23.1 Å². The molecular formula is C19H21ClN2S2. The molecule has 126 valence electrons. The first-order valence-electron chi connectivity index (χ1n) is 8.04. The van der Waals surface area contributed by atoms with Crippen LogP contribution in [0.3, 0.4) is 0 Å². The zero-order chi connectivity index (χ0) is 16.9. The molecule has 24 heavy (non-hydrogen) atoms. The predicted molar refractivity (Wildman–Crippen MR) is 105 cm³/mol. The maximum atomic E-state index is 6.06. The van der Waals surface area contributed by atoms with E-state index in [2.05, 4.69) is 47.7 Å². The molecular weight excluding hydrogens is 356 g/mol. The first-order valence-corrected chi connectivity index (χ1v) is 10.1. The lowest BCUT2D eigenvalue weighted by Gasteiger charge is -2.18. The van der Waals surface area contributed by atoms with E-state index in [4.69, 9.17) is 11.6 Å². The van der Waals surface area contributed by atoms with Gasteiger partial charge in [-0.25, -0.2) is 4.98 Å². The fourth-order valence-electron chi connectivity index (χ4n) is 2.72. The molecule has 0 saturated heterocycles. The van der Waals surface area contributed by atoms with Gasteiger partial charge in [0.15, 0.2) is 0 Å². The van der Waals surface area contributed by atoms with E-state index in [1.54, 1.807) is 11.3 Å². The number of hydrogen-bond donors (Lipinski definition) is 0. The average molecular weight is 377 g/mol. The normalized spacial score (nSPS) is 12.5. The van der Waals surface area contributed by atoms with E-state index >= 15 is 0 Å².